The number of rotatable bonds is 5. The van der Waals surface area contributed by atoms with Gasteiger partial charge in [0, 0.05) is 39.5 Å². The smallest absolute Gasteiger partial charge is 0.208 e. The zero-order valence-electron chi connectivity index (χ0n) is 11.4. The first-order valence-corrected chi connectivity index (χ1v) is 5.78. The van der Waals surface area contributed by atoms with E-state index in [1.807, 2.05) is 38.3 Å². The number of hydrogen-bond acceptors (Lipinski definition) is 4. The summed E-state index contributed by atoms with van der Waals surface area (Å²) < 4.78 is 6.81. The van der Waals surface area contributed by atoms with Crippen molar-refractivity contribution < 1.29 is 4.74 Å². The Kier molecular flexibility index (Phi) is 5.60. The van der Waals surface area contributed by atoms with Gasteiger partial charge in [0.05, 0.1) is 18.8 Å². The molecule has 1 heterocycles. The molecular formula is C11H22N6O. The molecule has 18 heavy (non-hydrogen) atoms. The quantitative estimate of drug-likeness (QED) is 0.326. The third-order valence-corrected chi connectivity index (χ3v) is 2.42. The van der Waals surface area contributed by atoms with Crippen molar-refractivity contribution in [2.24, 2.45) is 17.9 Å². The molecule has 1 unspecified atom stereocenters. The summed E-state index contributed by atoms with van der Waals surface area (Å²) in [5.41, 5.74) is 3.71. The summed E-state index contributed by atoms with van der Waals surface area (Å²) in [6.07, 6.45) is 3.78. The minimum atomic E-state index is 0.0531. The van der Waals surface area contributed by atoms with Crippen molar-refractivity contribution in [3.63, 3.8) is 0 Å². The fourth-order valence-electron chi connectivity index (χ4n) is 1.64. The summed E-state index contributed by atoms with van der Waals surface area (Å²) in [7, 11) is 5.46. The maximum absolute atomic E-state index is 5.49. The average molecular weight is 254 g/mol. The molecule has 7 nitrogen and oxygen atoms in total. The van der Waals surface area contributed by atoms with Crippen molar-refractivity contribution in [2.75, 3.05) is 20.8 Å². The predicted molar refractivity (Wildman–Crippen MR) is 70.8 cm³/mol. The van der Waals surface area contributed by atoms with Gasteiger partial charge in [-0.25, -0.2) is 10.8 Å². The van der Waals surface area contributed by atoms with Crippen LogP contribution < -0.4 is 11.3 Å². The van der Waals surface area contributed by atoms with Crippen molar-refractivity contribution in [3.05, 3.63) is 18.0 Å². The van der Waals surface area contributed by atoms with Crippen molar-refractivity contribution in [1.82, 2.24) is 20.1 Å². The highest BCUT2D eigenvalue weighted by Gasteiger charge is 2.09. The second kappa shape index (κ2) is 6.97. The Balaban J connectivity index is 2.64. The van der Waals surface area contributed by atoms with Gasteiger partial charge in [-0.3, -0.25) is 10.1 Å². The van der Waals surface area contributed by atoms with Crippen LogP contribution in [0.2, 0.25) is 0 Å². The summed E-state index contributed by atoms with van der Waals surface area (Å²) >= 11 is 0. The lowest BCUT2D eigenvalue weighted by molar-refractivity contribution is 0.185. The van der Waals surface area contributed by atoms with Gasteiger partial charge in [0.1, 0.15) is 0 Å². The SMILES string of the molecule is COCC(C)N=C(NN)N(C)Cc1cnn(C)c1. The Morgan fingerprint density at radius 3 is 2.94 bits per heavy atom. The van der Waals surface area contributed by atoms with E-state index in [0.717, 1.165) is 5.56 Å². The molecule has 0 amide bonds. The van der Waals surface area contributed by atoms with E-state index in [2.05, 4.69) is 15.5 Å². The normalized spacial score (nSPS) is 13.5. The van der Waals surface area contributed by atoms with Gasteiger partial charge >= 0.3 is 0 Å². The minimum absolute atomic E-state index is 0.0531. The van der Waals surface area contributed by atoms with Crippen LogP contribution in [0.4, 0.5) is 0 Å². The molecule has 0 fully saturated rings. The van der Waals surface area contributed by atoms with Crippen molar-refractivity contribution >= 4 is 5.96 Å². The summed E-state index contributed by atoms with van der Waals surface area (Å²) in [4.78, 5) is 6.38. The molecule has 0 aliphatic carbocycles. The molecule has 102 valence electrons. The highest BCUT2D eigenvalue weighted by molar-refractivity contribution is 5.79. The Bertz CT molecular complexity index is 389. The fraction of sp³-hybridized carbons (Fsp3) is 0.636. The van der Waals surface area contributed by atoms with Gasteiger partial charge < -0.3 is 9.64 Å². The topological polar surface area (TPSA) is 80.7 Å². The largest absolute Gasteiger partial charge is 0.382 e. The van der Waals surface area contributed by atoms with Gasteiger partial charge in [-0.15, -0.1) is 0 Å². The first-order valence-electron chi connectivity index (χ1n) is 5.78. The summed E-state index contributed by atoms with van der Waals surface area (Å²) in [5, 5.41) is 4.12. The summed E-state index contributed by atoms with van der Waals surface area (Å²) in [6.45, 7) is 3.22. The third kappa shape index (κ3) is 4.34. The van der Waals surface area contributed by atoms with Crippen LogP contribution in [0.5, 0.6) is 0 Å². The van der Waals surface area contributed by atoms with E-state index in [1.54, 1.807) is 11.8 Å². The van der Waals surface area contributed by atoms with E-state index in [0.29, 0.717) is 19.1 Å². The molecule has 1 aromatic rings. The number of nitrogens with zero attached hydrogens (tertiary/aromatic N) is 4. The van der Waals surface area contributed by atoms with Gasteiger partial charge in [0.15, 0.2) is 0 Å². The molecule has 1 atom stereocenters. The van der Waals surface area contributed by atoms with E-state index >= 15 is 0 Å². The van der Waals surface area contributed by atoms with Crippen LogP contribution in [0.3, 0.4) is 0 Å². The number of aliphatic imine (C=N–C) groups is 1. The lowest BCUT2D eigenvalue weighted by atomic mass is 10.3. The standard InChI is InChI=1S/C11H22N6O/c1-9(8-18-4)14-11(15-12)16(2)6-10-5-13-17(3)7-10/h5,7,9H,6,8,12H2,1-4H3,(H,14,15). The van der Waals surface area contributed by atoms with Crippen molar-refractivity contribution in [3.8, 4) is 0 Å². The van der Waals surface area contributed by atoms with E-state index in [-0.39, 0.29) is 6.04 Å². The highest BCUT2D eigenvalue weighted by Crippen LogP contribution is 2.02. The van der Waals surface area contributed by atoms with Gasteiger partial charge in [-0.2, -0.15) is 5.10 Å². The number of hydrazine groups is 1. The number of ether oxygens (including phenoxy) is 1. The average Bonchev–Trinajstić information content (AvgIpc) is 2.72. The van der Waals surface area contributed by atoms with Crippen molar-refractivity contribution in [1.29, 1.82) is 0 Å². The van der Waals surface area contributed by atoms with Crippen LogP contribution in [0, 0.1) is 0 Å². The van der Waals surface area contributed by atoms with Crippen LogP contribution in [-0.4, -0.2) is 47.4 Å². The maximum Gasteiger partial charge on any atom is 0.208 e. The van der Waals surface area contributed by atoms with Gasteiger partial charge in [-0.05, 0) is 6.92 Å². The van der Waals surface area contributed by atoms with Crippen LogP contribution in [0.25, 0.3) is 0 Å². The summed E-state index contributed by atoms with van der Waals surface area (Å²) in [6, 6.07) is 0.0531. The molecule has 1 rings (SSSR count). The number of aromatic nitrogens is 2. The molecule has 0 spiro atoms. The molecule has 3 N–H and O–H groups in total. The molecule has 0 saturated carbocycles. The van der Waals surface area contributed by atoms with Gasteiger partial charge in [-0.1, -0.05) is 0 Å². The monoisotopic (exact) mass is 254 g/mol. The Morgan fingerprint density at radius 1 is 1.72 bits per heavy atom. The third-order valence-electron chi connectivity index (χ3n) is 2.42. The molecule has 0 aliphatic heterocycles. The lowest BCUT2D eigenvalue weighted by Crippen LogP contribution is -2.43. The van der Waals surface area contributed by atoms with Crippen LogP contribution in [0.15, 0.2) is 17.4 Å². The lowest BCUT2D eigenvalue weighted by Gasteiger charge is -2.21. The zero-order chi connectivity index (χ0) is 13.5. The highest BCUT2D eigenvalue weighted by atomic mass is 16.5. The molecule has 0 radical (unpaired) electrons. The number of hydrogen-bond donors (Lipinski definition) is 2. The molecule has 0 aromatic carbocycles. The van der Waals surface area contributed by atoms with Crippen LogP contribution >= 0.6 is 0 Å². The Morgan fingerprint density at radius 2 is 2.44 bits per heavy atom. The molecular weight excluding hydrogens is 232 g/mol. The number of methoxy groups -OCH3 is 1. The molecule has 7 heteroatoms. The van der Waals surface area contributed by atoms with Crippen LogP contribution in [0.1, 0.15) is 12.5 Å². The van der Waals surface area contributed by atoms with Crippen LogP contribution in [-0.2, 0) is 18.3 Å². The second-order valence-electron chi connectivity index (χ2n) is 4.28. The number of nitrogens with two attached hydrogens (primary N) is 1. The second-order valence-corrected chi connectivity index (χ2v) is 4.28. The molecule has 1 aromatic heterocycles. The van der Waals surface area contributed by atoms with Crippen molar-refractivity contribution in [2.45, 2.75) is 19.5 Å². The van der Waals surface area contributed by atoms with E-state index in [1.165, 1.54) is 0 Å². The molecule has 0 aliphatic rings. The number of guanidine groups is 1. The first-order chi connectivity index (χ1) is 8.56. The zero-order valence-corrected chi connectivity index (χ0v) is 11.4. The van der Waals surface area contributed by atoms with E-state index in [4.69, 9.17) is 10.6 Å². The fourth-order valence-corrected chi connectivity index (χ4v) is 1.64. The maximum atomic E-state index is 5.49. The number of aryl methyl sites for hydroxylation is 1. The van der Waals surface area contributed by atoms with E-state index in [9.17, 15) is 0 Å². The molecule has 0 saturated heterocycles. The first kappa shape index (κ1) is 14.5. The summed E-state index contributed by atoms with van der Waals surface area (Å²) in [5.74, 6) is 6.12. The predicted octanol–water partition coefficient (Wildman–Crippen LogP) is -0.294. The van der Waals surface area contributed by atoms with Gasteiger partial charge in [0.2, 0.25) is 5.96 Å². The number of nitrogens with one attached hydrogen (secondary N) is 1. The Labute approximate surface area is 108 Å². The Hall–Kier alpha value is -1.60. The minimum Gasteiger partial charge on any atom is -0.382 e. The van der Waals surface area contributed by atoms with Gasteiger partial charge in [0.25, 0.3) is 0 Å². The van der Waals surface area contributed by atoms with E-state index < -0.39 is 0 Å². The molecule has 0 bridgehead atoms.